The van der Waals surface area contributed by atoms with Crippen LogP contribution in [0.25, 0.3) is 11.4 Å². The molecule has 0 saturated heterocycles. The van der Waals surface area contributed by atoms with E-state index in [9.17, 15) is 26.4 Å². The molecule has 2 aromatic heterocycles. The molecule has 3 rings (SSSR count). The molecule has 0 N–H and O–H groups in total. The number of halogens is 3. The number of alkyl halides is 3. The third kappa shape index (κ3) is 5.25. The van der Waals surface area contributed by atoms with Gasteiger partial charge in [-0.3, -0.25) is 0 Å². The van der Waals surface area contributed by atoms with Crippen molar-refractivity contribution in [3.8, 4) is 11.4 Å². The van der Waals surface area contributed by atoms with Crippen molar-refractivity contribution in [3.63, 3.8) is 0 Å². The van der Waals surface area contributed by atoms with Crippen LogP contribution in [0.4, 0.5) is 13.2 Å². The van der Waals surface area contributed by atoms with Gasteiger partial charge in [0.05, 0.1) is 5.56 Å². The molecule has 178 valence electrons. The Morgan fingerprint density at radius 2 is 1.82 bits per heavy atom. The average Bonchev–Trinajstić information content (AvgIpc) is 3.39. The lowest BCUT2D eigenvalue weighted by molar-refractivity contribution is -0.137. The molecule has 0 unspecified atom stereocenters. The Morgan fingerprint density at radius 3 is 2.39 bits per heavy atom. The molecular formula is C20H21F3N4O5S. The number of hydrogen-bond acceptors (Lipinski definition) is 7. The Hall–Kier alpha value is -3.19. The molecule has 0 spiro atoms. The van der Waals surface area contributed by atoms with E-state index in [1.807, 2.05) is 0 Å². The molecule has 0 atom stereocenters. The fourth-order valence-corrected chi connectivity index (χ4v) is 4.56. The van der Waals surface area contributed by atoms with Crippen molar-refractivity contribution in [1.82, 2.24) is 19.0 Å². The molecular weight excluding hydrogens is 465 g/mol. The fourth-order valence-electron chi connectivity index (χ4n) is 3.03. The topological polar surface area (TPSA) is 108 Å². The fraction of sp³-hybridized carbons (Fsp3) is 0.350. The number of carbonyl (C=O) groups excluding carboxylic acids is 1. The van der Waals surface area contributed by atoms with Crippen LogP contribution in [0.5, 0.6) is 0 Å². The van der Waals surface area contributed by atoms with Crippen molar-refractivity contribution in [2.45, 2.75) is 31.5 Å². The number of nitrogens with zero attached hydrogens (tertiary/aromatic N) is 4. The van der Waals surface area contributed by atoms with Crippen molar-refractivity contribution >= 4 is 16.0 Å². The third-order valence-corrected chi connectivity index (χ3v) is 6.81. The van der Waals surface area contributed by atoms with Crippen LogP contribution in [0.3, 0.4) is 0 Å². The second-order valence-electron chi connectivity index (χ2n) is 6.92. The third-order valence-electron chi connectivity index (χ3n) is 4.80. The smallest absolute Gasteiger partial charge is 0.416 e. The number of esters is 1. The number of hydrogen-bond donors (Lipinski definition) is 0. The van der Waals surface area contributed by atoms with Gasteiger partial charge < -0.3 is 13.8 Å². The van der Waals surface area contributed by atoms with Crippen molar-refractivity contribution in [1.29, 1.82) is 0 Å². The lowest BCUT2D eigenvalue weighted by atomic mass is 10.1. The number of aromatic nitrogens is 3. The number of benzene rings is 1. The molecule has 0 amide bonds. The highest BCUT2D eigenvalue weighted by Gasteiger charge is 2.30. The summed E-state index contributed by atoms with van der Waals surface area (Å²) in [6.07, 6.45) is -3.14. The summed E-state index contributed by atoms with van der Waals surface area (Å²) in [5.41, 5.74) is -0.518. The maximum absolute atomic E-state index is 12.7. The SMILES string of the molecule is CCN(CC)S(=O)(=O)c1cc(C(=O)OCc2nc(-c3ccc(C(F)(F)F)cc3)no2)n(C)c1. The summed E-state index contributed by atoms with van der Waals surface area (Å²) >= 11 is 0. The first-order valence-corrected chi connectivity index (χ1v) is 11.2. The standard InChI is InChI=1S/C20H21F3N4O5S/c1-4-27(5-2)33(29,30)15-10-16(26(3)11-15)19(28)31-12-17-24-18(25-32-17)13-6-8-14(9-7-13)20(21,22)23/h6-11H,4-5,12H2,1-3H3. The van der Waals surface area contributed by atoms with Gasteiger partial charge in [-0.1, -0.05) is 31.1 Å². The number of sulfonamides is 1. The summed E-state index contributed by atoms with van der Waals surface area (Å²) in [6.45, 7) is 3.58. The maximum Gasteiger partial charge on any atom is 0.416 e. The van der Waals surface area contributed by atoms with E-state index in [2.05, 4.69) is 10.1 Å². The Bertz CT molecular complexity index is 1230. The van der Waals surface area contributed by atoms with Crippen molar-refractivity contribution in [3.05, 3.63) is 53.7 Å². The first kappa shape index (κ1) is 24.5. The average molecular weight is 486 g/mol. The molecule has 9 nitrogen and oxygen atoms in total. The van der Waals surface area contributed by atoms with Gasteiger partial charge >= 0.3 is 12.1 Å². The van der Waals surface area contributed by atoms with Crippen LogP contribution in [0.15, 0.2) is 45.9 Å². The molecule has 33 heavy (non-hydrogen) atoms. The number of rotatable bonds is 8. The normalized spacial score (nSPS) is 12.3. The minimum absolute atomic E-state index is 0.00297. The Kier molecular flexibility index (Phi) is 6.93. The van der Waals surface area contributed by atoms with E-state index in [0.29, 0.717) is 0 Å². The van der Waals surface area contributed by atoms with Gasteiger partial charge in [0.25, 0.3) is 5.89 Å². The van der Waals surface area contributed by atoms with Gasteiger partial charge in [0.2, 0.25) is 15.8 Å². The molecule has 3 aromatic rings. The van der Waals surface area contributed by atoms with E-state index in [4.69, 9.17) is 9.26 Å². The van der Waals surface area contributed by atoms with E-state index in [1.54, 1.807) is 13.8 Å². The van der Waals surface area contributed by atoms with E-state index < -0.39 is 34.3 Å². The monoisotopic (exact) mass is 486 g/mol. The van der Waals surface area contributed by atoms with Crippen LogP contribution in [-0.4, -0.2) is 46.5 Å². The minimum atomic E-state index is -4.46. The molecule has 0 aliphatic rings. The zero-order valence-corrected chi connectivity index (χ0v) is 18.8. The summed E-state index contributed by atoms with van der Waals surface area (Å²) in [4.78, 5) is 16.4. The van der Waals surface area contributed by atoms with Gasteiger partial charge in [0, 0.05) is 31.9 Å². The molecule has 0 aliphatic carbocycles. The molecule has 0 aliphatic heterocycles. The second kappa shape index (κ2) is 9.35. The van der Waals surface area contributed by atoms with Crippen LogP contribution in [0.1, 0.15) is 35.8 Å². The molecule has 13 heteroatoms. The Morgan fingerprint density at radius 1 is 1.18 bits per heavy atom. The van der Waals surface area contributed by atoms with Crippen molar-refractivity contribution in [2.75, 3.05) is 13.1 Å². The molecule has 0 saturated carbocycles. The number of carbonyl (C=O) groups is 1. The van der Waals surface area contributed by atoms with Crippen molar-refractivity contribution in [2.24, 2.45) is 7.05 Å². The quantitative estimate of drug-likeness (QED) is 0.449. The molecule has 0 bridgehead atoms. The summed E-state index contributed by atoms with van der Waals surface area (Å²) in [5, 5.41) is 3.67. The summed E-state index contributed by atoms with van der Waals surface area (Å²) in [6, 6.07) is 5.41. The van der Waals surface area contributed by atoms with Gasteiger partial charge in [-0.15, -0.1) is 0 Å². The van der Waals surface area contributed by atoms with E-state index in [-0.39, 0.29) is 41.0 Å². The van der Waals surface area contributed by atoms with Crippen LogP contribution in [-0.2, 0) is 34.6 Å². The Balaban J connectivity index is 1.69. The van der Waals surface area contributed by atoms with Gasteiger partial charge in [0.15, 0.2) is 6.61 Å². The highest BCUT2D eigenvalue weighted by atomic mass is 32.2. The lowest BCUT2D eigenvalue weighted by Crippen LogP contribution is -2.30. The van der Waals surface area contributed by atoms with E-state index >= 15 is 0 Å². The van der Waals surface area contributed by atoms with Crippen molar-refractivity contribution < 1.29 is 35.6 Å². The first-order valence-electron chi connectivity index (χ1n) is 9.81. The second-order valence-corrected chi connectivity index (χ2v) is 8.86. The summed E-state index contributed by atoms with van der Waals surface area (Å²) in [7, 11) is -2.24. The van der Waals surface area contributed by atoms with Gasteiger partial charge in [0.1, 0.15) is 10.6 Å². The maximum atomic E-state index is 12.7. The van der Waals surface area contributed by atoms with Gasteiger partial charge in [-0.2, -0.15) is 22.5 Å². The molecule has 0 fully saturated rings. The molecule has 1 aromatic carbocycles. The molecule has 0 radical (unpaired) electrons. The van der Waals surface area contributed by atoms with Crippen LogP contribution >= 0.6 is 0 Å². The predicted octanol–water partition coefficient (Wildman–Crippen LogP) is 3.48. The van der Waals surface area contributed by atoms with E-state index in [0.717, 1.165) is 12.1 Å². The lowest BCUT2D eigenvalue weighted by Gasteiger charge is -2.17. The zero-order valence-electron chi connectivity index (χ0n) is 18.0. The Labute approximate surface area is 187 Å². The van der Waals surface area contributed by atoms with E-state index in [1.165, 1.54) is 40.3 Å². The van der Waals surface area contributed by atoms with Crippen LogP contribution < -0.4 is 0 Å². The van der Waals surface area contributed by atoms with Crippen LogP contribution in [0.2, 0.25) is 0 Å². The first-order chi connectivity index (χ1) is 15.5. The number of ether oxygens (including phenoxy) is 1. The highest BCUT2D eigenvalue weighted by Crippen LogP contribution is 2.30. The number of aryl methyl sites for hydroxylation is 1. The highest BCUT2D eigenvalue weighted by molar-refractivity contribution is 7.89. The van der Waals surface area contributed by atoms with Gasteiger partial charge in [-0.05, 0) is 18.2 Å². The minimum Gasteiger partial charge on any atom is -0.451 e. The predicted molar refractivity (Wildman–Crippen MR) is 109 cm³/mol. The van der Waals surface area contributed by atoms with Gasteiger partial charge in [-0.25, -0.2) is 13.2 Å². The largest absolute Gasteiger partial charge is 0.451 e. The molecule has 2 heterocycles. The zero-order chi connectivity index (χ0) is 24.4. The summed E-state index contributed by atoms with van der Waals surface area (Å²) < 4.78 is 76.0. The summed E-state index contributed by atoms with van der Waals surface area (Å²) in [5.74, 6) is -0.863. The van der Waals surface area contributed by atoms with Crippen LogP contribution in [0, 0.1) is 0 Å².